The average Bonchev–Trinajstić information content (AvgIpc) is 2.77. The Kier molecular flexibility index (Phi) is 8.40. The van der Waals surface area contributed by atoms with E-state index >= 15 is 0 Å². The summed E-state index contributed by atoms with van der Waals surface area (Å²) in [7, 11) is -4.87. The molecule has 0 saturated heterocycles. The molecule has 0 fully saturated rings. The van der Waals surface area contributed by atoms with E-state index in [0.29, 0.717) is 13.0 Å². The van der Waals surface area contributed by atoms with E-state index in [1.807, 2.05) is 10.6 Å². The zero-order valence-electron chi connectivity index (χ0n) is 17.9. The maximum absolute atomic E-state index is 13.3. The monoisotopic (exact) mass is 519 g/mol. The zero-order valence-corrected chi connectivity index (χ0v) is 18.7. The third-order valence-electron chi connectivity index (χ3n) is 4.75. The van der Waals surface area contributed by atoms with Gasteiger partial charge in [-0.3, -0.25) is 9.59 Å². The van der Waals surface area contributed by atoms with E-state index in [1.54, 1.807) is 0 Å². The molecule has 0 aliphatic heterocycles. The van der Waals surface area contributed by atoms with Gasteiger partial charge in [-0.2, -0.15) is 27.2 Å². The Balaban J connectivity index is 2.54. The smallest absolute Gasteiger partial charge is 0.417 e. The molecular formula is C21H18F5N3O5S. The van der Waals surface area contributed by atoms with Crippen molar-refractivity contribution in [2.24, 2.45) is 0 Å². The number of hydrogen-bond acceptors (Lipinski definition) is 6. The molecule has 0 aromatic heterocycles. The molecule has 0 radical (unpaired) electrons. The predicted octanol–water partition coefficient (Wildman–Crippen LogP) is 3.01. The number of carbonyl (C=O) groups is 2. The Labute approximate surface area is 196 Å². The number of sulfone groups is 1. The summed E-state index contributed by atoms with van der Waals surface area (Å²) < 4.78 is 96.3. The van der Waals surface area contributed by atoms with Crippen LogP contribution >= 0.6 is 0 Å². The lowest BCUT2D eigenvalue weighted by atomic mass is 10.1. The fourth-order valence-electron chi connectivity index (χ4n) is 2.96. The summed E-state index contributed by atoms with van der Waals surface area (Å²) in [6, 6.07) is 9.75. The van der Waals surface area contributed by atoms with Gasteiger partial charge >= 0.3 is 12.8 Å². The van der Waals surface area contributed by atoms with Crippen molar-refractivity contribution in [1.29, 1.82) is 5.26 Å². The van der Waals surface area contributed by atoms with Crippen molar-refractivity contribution < 1.29 is 44.7 Å². The molecule has 188 valence electrons. The molecule has 0 bridgehead atoms. The summed E-state index contributed by atoms with van der Waals surface area (Å²) in [5, 5.41) is 12.5. The van der Waals surface area contributed by atoms with E-state index in [0.717, 1.165) is 30.3 Å². The lowest BCUT2D eigenvalue weighted by Crippen LogP contribution is -2.62. The van der Waals surface area contributed by atoms with Crippen molar-refractivity contribution in [3.05, 3.63) is 65.2 Å². The van der Waals surface area contributed by atoms with Crippen LogP contribution in [0.25, 0.3) is 0 Å². The second kappa shape index (κ2) is 10.7. The molecule has 2 aromatic rings. The van der Waals surface area contributed by atoms with E-state index in [4.69, 9.17) is 5.26 Å². The fourth-order valence-corrected chi connectivity index (χ4v) is 4.50. The second-order valence-corrected chi connectivity index (χ2v) is 9.45. The predicted molar refractivity (Wildman–Crippen MR) is 112 cm³/mol. The number of nitrogens with zero attached hydrogens (tertiary/aromatic N) is 1. The van der Waals surface area contributed by atoms with E-state index in [2.05, 4.69) is 4.74 Å². The van der Waals surface area contributed by atoms with Gasteiger partial charge in [0.15, 0.2) is 9.84 Å². The molecule has 8 nitrogen and oxygen atoms in total. The van der Waals surface area contributed by atoms with Crippen LogP contribution in [0.15, 0.2) is 48.5 Å². The Bertz CT molecular complexity index is 1240. The van der Waals surface area contributed by atoms with Crippen molar-refractivity contribution in [2.45, 2.75) is 30.3 Å². The van der Waals surface area contributed by atoms with Crippen molar-refractivity contribution in [2.75, 3.05) is 6.54 Å². The third kappa shape index (κ3) is 6.44. The number of alkyl halides is 5. The van der Waals surface area contributed by atoms with Crippen molar-refractivity contribution >= 4 is 21.7 Å². The van der Waals surface area contributed by atoms with Gasteiger partial charge in [0.25, 0.3) is 11.8 Å². The molecule has 0 heterocycles. The van der Waals surface area contributed by atoms with Crippen LogP contribution in [-0.4, -0.2) is 38.3 Å². The number of rotatable bonds is 9. The normalized spacial score (nSPS) is 13.4. The Hall–Kier alpha value is -3.73. The summed E-state index contributed by atoms with van der Waals surface area (Å²) in [4.78, 5) is 22.6. The highest BCUT2D eigenvalue weighted by Gasteiger charge is 2.48. The van der Waals surface area contributed by atoms with E-state index in [-0.39, 0.29) is 5.56 Å². The number of halogens is 5. The second-order valence-electron chi connectivity index (χ2n) is 7.12. The first-order valence-electron chi connectivity index (χ1n) is 9.62. The van der Waals surface area contributed by atoms with Gasteiger partial charge in [0.05, 0.1) is 22.9 Å². The van der Waals surface area contributed by atoms with Gasteiger partial charge in [0.2, 0.25) is 4.87 Å². The third-order valence-corrected chi connectivity index (χ3v) is 6.97. The highest BCUT2D eigenvalue weighted by molar-refractivity contribution is 7.92. The zero-order chi connectivity index (χ0) is 26.4. The molecule has 2 N–H and O–H groups in total. The lowest BCUT2D eigenvalue weighted by Gasteiger charge is -2.29. The van der Waals surface area contributed by atoms with Gasteiger partial charge < -0.3 is 15.4 Å². The van der Waals surface area contributed by atoms with Gasteiger partial charge in [-0.05, 0) is 25.1 Å². The van der Waals surface area contributed by atoms with Crippen LogP contribution in [0.5, 0.6) is 5.75 Å². The quantitative estimate of drug-likeness (QED) is 0.388. The molecule has 0 spiro atoms. The van der Waals surface area contributed by atoms with Crippen molar-refractivity contribution in [3.8, 4) is 11.8 Å². The molecule has 35 heavy (non-hydrogen) atoms. The van der Waals surface area contributed by atoms with Crippen LogP contribution in [-0.2, 0) is 26.6 Å². The van der Waals surface area contributed by atoms with Crippen LogP contribution < -0.4 is 15.4 Å². The molecule has 14 heteroatoms. The van der Waals surface area contributed by atoms with Crippen molar-refractivity contribution in [3.63, 3.8) is 0 Å². The molecule has 0 aliphatic carbocycles. The number of amides is 2. The first kappa shape index (κ1) is 27.5. The molecule has 0 unspecified atom stereocenters. The molecule has 2 rings (SSSR count). The molecule has 1 atom stereocenters. The van der Waals surface area contributed by atoms with Crippen LogP contribution in [0.3, 0.4) is 0 Å². The lowest BCUT2D eigenvalue weighted by molar-refractivity contribution is -0.137. The van der Waals surface area contributed by atoms with Crippen LogP contribution in [0.2, 0.25) is 0 Å². The number of nitriles is 1. The van der Waals surface area contributed by atoms with Crippen LogP contribution in [0.1, 0.15) is 28.4 Å². The van der Waals surface area contributed by atoms with Gasteiger partial charge in [-0.15, -0.1) is 0 Å². The summed E-state index contributed by atoms with van der Waals surface area (Å²) in [5.74, 6) is -4.62. The number of hydrogen-bond donors (Lipinski definition) is 2. The highest BCUT2D eigenvalue weighted by Crippen LogP contribution is 2.33. The minimum absolute atomic E-state index is 0.308. The fraction of sp³-hybridized carbons (Fsp3) is 0.286. The van der Waals surface area contributed by atoms with Crippen LogP contribution in [0.4, 0.5) is 22.0 Å². The molecule has 0 aliphatic rings. The van der Waals surface area contributed by atoms with Gasteiger partial charge in [-0.25, -0.2) is 8.42 Å². The van der Waals surface area contributed by atoms with Crippen molar-refractivity contribution in [1.82, 2.24) is 10.6 Å². The average molecular weight is 519 g/mol. The number of nitrogens with one attached hydrogen (secondary N) is 2. The summed E-state index contributed by atoms with van der Waals surface area (Å²) in [6.45, 7) is -3.29. The standard InChI is InChI=1S/C21H18F5N3O5S/c1-20(18(31)28-11-10-27,29-17(30)14-7-3-4-8-15(14)21(24,25)26)35(32,33)12-13-6-2-5-9-16(13)34-19(22)23/h2-9,19H,11-12H2,1H3,(H,28,31)(H,29,30)/t20-/m1/s1. The topological polar surface area (TPSA) is 125 Å². The molecular weight excluding hydrogens is 501 g/mol. The van der Waals surface area contributed by atoms with E-state index < -0.39 is 68.5 Å². The van der Waals surface area contributed by atoms with Crippen LogP contribution in [0, 0.1) is 11.3 Å². The van der Waals surface area contributed by atoms with E-state index in [9.17, 15) is 40.0 Å². The minimum Gasteiger partial charge on any atom is -0.435 e. The Morgan fingerprint density at radius 3 is 2.29 bits per heavy atom. The minimum atomic E-state index is -4.97. The molecule has 0 saturated carbocycles. The summed E-state index contributed by atoms with van der Waals surface area (Å²) >= 11 is 0. The number of benzene rings is 2. The first-order chi connectivity index (χ1) is 16.2. The van der Waals surface area contributed by atoms with Gasteiger partial charge in [0, 0.05) is 5.56 Å². The number of ether oxygens (including phenoxy) is 1. The maximum atomic E-state index is 13.3. The molecule has 2 aromatic carbocycles. The number of carbonyl (C=O) groups excluding carboxylic acids is 2. The Morgan fingerprint density at radius 1 is 1.09 bits per heavy atom. The molecule has 2 amide bonds. The highest BCUT2D eigenvalue weighted by atomic mass is 32.2. The largest absolute Gasteiger partial charge is 0.435 e. The summed E-state index contributed by atoms with van der Waals surface area (Å²) in [5.41, 5.74) is -2.65. The van der Waals surface area contributed by atoms with E-state index in [1.165, 1.54) is 18.2 Å². The van der Waals surface area contributed by atoms with Gasteiger partial charge in [-0.1, -0.05) is 30.3 Å². The first-order valence-corrected chi connectivity index (χ1v) is 11.3. The maximum Gasteiger partial charge on any atom is 0.417 e. The SMILES string of the molecule is C[C@](NC(=O)c1ccccc1C(F)(F)F)(C(=O)NCC#N)S(=O)(=O)Cc1ccccc1OC(F)F. The summed E-state index contributed by atoms with van der Waals surface area (Å²) in [6.07, 6.45) is -4.97. The Morgan fingerprint density at radius 2 is 1.69 bits per heavy atom. The van der Waals surface area contributed by atoms with Gasteiger partial charge in [0.1, 0.15) is 12.3 Å². The number of para-hydroxylation sites is 1.